The van der Waals surface area contributed by atoms with Crippen LogP contribution in [0.4, 0.5) is 0 Å². The van der Waals surface area contributed by atoms with Crippen LogP contribution < -0.4 is 5.43 Å². The van der Waals surface area contributed by atoms with Gasteiger partial charge in [0.2, 0.25) is 5.78 Å². The third-order valence-electron chi connectivity index (χ3n) is 9.08. The van der Waals surface area contributed by atoms with E-state index in [9.17, 15) is 29.4 Å². The lowest BCUT2D eigenvalue weighted by Gasteiger charge is -2.35. The highest BCUT2D eigenvalue weighted by Gasteiger charge is 2.74. The molecule has 2 N–H and O–H groups in total. The SMILES string of the molecule is Cc1cc2c(O)c3c(cc2c2oc([C@]4(C)O[C@@H]4[C@@H]4CO4)cc(=O)c12)C(=O)[C@H]1O[C@@]1([C@H]1CC(=O)[C@@H](O)[C@@H](C)O1)C3=O. The van der Waals surface area contributed by atoms with E-state index < -0.39 is 58.7 Å². The molecule has 3 aromatic rings. The maximum absolute atomic E-state index is 13.9. The molecular formula is C29H24O11. The molecule has 4 saturated heterocycles. The van der Waals surface area contributed by atoms with E-state index in [0.717, 1.165) is 0 Å². The summed E-state index contributed by atoms with van der Waals surface area (Å²) >= 11 is 0. The molecule has 40 heavy (non-hydrogen) atoms. The van der Waals surface area contributed by atoms with Gasteiger partial charge in [-0.2, -0.15) is 0 Å². The van der Waals surface area contributed by atoms with Gasteiger partial charge in [0.05, 0.1) is 23.7 Å². The second kappa shape index (κ2) is 7.42. The van der Waals surface area contributed by atoms with Crippen LogP contribution in [0.25, 0.3) is 21.7 Å². The molecule has 5 aliphatic rings. The lowest BCUT2D eigenvalue weighted by Crippen LogP contribution is -2.54. The van der Waals surface area contributed by atoms with Crippen LogP contribution in [-0.4, -0.2) is 76.4 Å². The predicted octanol–water partition coefficient (Wildman–Crippen LogP) is 1.60. The van der Waals surface area contributed by atoms with Gasteiger partial charge in [-0.25, -0.2) is 0 Å². The number of hydrogen-bond donors (Lipinski definition) is 2. The van der Waals surface area contributed by atoms with Crippen molar-refractivity contribution in [3.05, 3.63) is 50.9 Å². The van der Waals surface area contributed by atoms with Crippen molar-refractivity contribution in [3.63, 3.8) is 0 Å². The predicted molar refractivity (Wildman–Crippen MR) is 135 cm³/mol. The molecule has 8 rings (SSSR count). The first-order valence-corrected chi connectivity index (χ1v) is 13.2. The molecule has 0 spiro atoms. The molecule has 2 aromatic carbocycles. The topological polar surface area (TPSA) is 169 Å². The third kappa shape index (κ3) is 2.91. The number of carbonyl (C=O) groups excluding carboxylic acids is 3. The number of hydrogen-bond acceptors (Lipinski definition) is 11. The number of phenolic OH excluding ortho intramolecular Hbond substituents is 1. The summed E-state index contributed by atoms with van der Waals surface area (Å²) < 4.78 is 28.9. The molecule has 0 bridgehead atoms. The highest BCUT2D eigenvalue weighted by Crippen LogP contribution is 2.55. The lowest BCUT2D eigenvalue weighted by atomic mass is 9.75. The van der Waals surface area contributed by atoms with Gasteiger partial charge in [0.1, 0.15) is 41.5 Å². The van der Waals surface area contributed by atoms with Crippen molar-refractivity contribution in [2.45, 2.75) is 75.0 Å². The average molecular weight is 549 g/mol. The summed E-state index contributed by atoms with van der Waals surface area (Å²) in [6, 6.07) is 4.41. The van der Waals surface area contributed by atoms with Crippen LogP contribution in [0.3, 0.4) is 0 Å². The fourth-order valence-corrected chi connectivity index (χ4v) is 6.63. The largest absolute Gasteiger partial charge is 0.507 e. The first-order valence-electron chi connectivity index (χ1n) is 13.2. The van der Waals surface area contributed by atoms with E-state index in [-0.39, 0.29) is 56.9 Å². The van der Waals surface area contributed by atoms with Gasteiger partial charge in [-0.05, 0) is 38.5 Å². The number of aryl methyl sites for hydroxylation is 1. The summed E-state index contributed by atoms with van der Waals surface area (Å²) in [5.74, 6) is -1.90. The highest BCUT2D eigenvalue weighted by molar-refractivity contribution is 6.27. The maximum atomic E-state index is 13.9. The summed E-state index contributed by atoms with van der Waals surface area (Å²) in [4.78, 5) is 53.1. The molecule has 1 aliphatic carbocycles. The number of aliphatic hydroxyl groups excluding tert-OH is 1. The monoisotopic (exact) mass is 548 g/mol. The average Bonchev–Trinajstić information content (AvgIpc) is 3.79. The molecule has 11 nitrogen and oxygen atoms in total. The van der Waals surface area contributed by atoms with Gasteiger partial charge in [0.15, 0.2) is 34.3 Å². The zero-order valence-electron chi connectivity index (χ0n) is 21.7. The van der Waals surface area contributed by atoms with Gasteiger partial charge >= 0.3 is 0 Å². The molecule has 0 amide bonds. The van der Waals surface area contributed by atoms with Crippen molar-refractivity contribution in [2.75, 3.05) is 6.61 Å². The van der Waals surface area contributed by atoms with Crippen LogP contribution in [0.15, 0.2) is 27.4 Å². The van der Waals surface area contributed by atoms with Gasteiger partial charge < -0.3 is 33.6 Å². The van der Waals surface area contributed by atoms with E-state index in [0.29, 0.717) is 17.9 Å². The quantitative estimate of drug-likeness (QED) is 0.360. The van der Waals surface area contributed by atoms with Crippen molar-refractivity contribution >= 4 is 39.1 Å². The normalized spacial score (nSPS) is 38.0. The minimum absolute atomic E-state index is 0.0616. The standard InChI is InChI=1S/C29H24O11/c1-9-4-11-12(24-19(9)14(30)6-17(38-24)28(3)26(39-28)16-8-36-16)5-13-20(22(11)33)25(35)29(27(40-29)23(13)34)18-7-15(31)21(32)10(2)37-18/h4-6,10,16,18,21,26-27,32-33H,7-8H2,1-3H3/t10-,16+,18-,21+,26-,27-,28+,29+/m1/s1. The number of aliphatic hydroxyl groups is 1. The molecular weight excluding hydrogens is 524 g/mol. The summed E-state index contributed by atoms with van der Waals surface area (Å²) in [6.45, 7) is 5.57. The smallest absolute Gasteiger partial charge is 0.205 e. The van der Waals surface area contributed by atoms with Crippen molar-refractivity contribution in [1.29, 1.82) is 0 Å². The van der Waals surface area contributed by atoms with Crippen LogP contribution in [0.2, 0.25) is 0 Å². The molecule has 4 fully saturated rings. The molecule has 0 unspecified atom stereocenters. The van der Waals surface area contributed by atoms with Crippen LogP contribution >= 0.6 is 0 Å². The number of fused-ring (bicyclic) bond motifs is 5. The van der Waals surface area contributed by atoms with E-state index in [2.05, 4.69) is 0 Å². The summed E-state index contributed by atoms with van der Waals surface area (Å²) in [6.07, 6.45) is -5.15. The Kier molecular flexibility index (Phi) is 4.51. The van der Waals surface area contributed by atoms with Crippen molar-refractivity contribution in [2.24, 2.45) is 0 Å². The lowest BCUT2D eigenvalue weighted by molar-refractivity contribution is -0.160. The van der Waals surface area contributed by atoms with E-state index in [1.807, 2.05) is 6.92 Å². The van der Waals surface area contributed by atoms with Crippen LogP contribution in [0, 0.1) is 6.92 Å². The number of benzene rings is 2. The van der Waals surface area contributed by atoms with Gasteiger partial charge in [-0.15, -0.1) is 0 Å². The van der Waals surface area contributed by atoms with Gasteiger partial charge in [0.25, 0.3) is 0 Å². The Morgan fingerprint density at radius 2 is 1.80 bits per heavy atom. The Hall–Kier alpha value is -3.48. The number of ketones is 3. The Morgan fingerprint density at radius 3 is 2.50 bits per heavy atom. The molecule has 206 valence electrons. The zero-order valence-corrected chi connectivity index (χ0v) is 21.7. The first-order chi connectivity index (χ1) is 19.0. The van der Waals surface area contributed by atoms with Gasteiger partial charge in [0, 0.05) is 28.8 Å². The number of phenols is 1. The number of aromatic hydroxyl groups is 1. The second-order valence-electron chi connectivity index (χ2n) is 11.6. The Morgan fingerprint density at radius 1 is 1.05 bits per heavy atom. The maximum Gasteiger partial charge on any atom is 0.205 e. The number of Topliss-reactive ketones (excluding diaryl/α,β-unsaturated/α-hetero) is 3. The molecule has 4 aliphatic heterocycles. The third-order valence-corrected chi connectivity index (χ3v) is 9.08. The fourth-order valence-electron chi connectivity index (χ4n) is 6.63. The number of epoxide rings is 3. The molecule has 11 heteroatoms. The van der Waals surface area contributed by atoms with Crippen LogP contribution in [0.5, 0.6) is 5.75 Å². The summed E-state index contributed by atoms with van der Waals surface area (Å²) in [5.41, 5.74) is -2.54. The van der Waals surface area contributed by atoms with Crippen LogP contribution in [0.1, 0.15) is 52.3 Å². The summed E-state index contributed by atoms with van der Waals surface area (Å²) in [5, 5.41) is 22.2. The van der Waals surface area contributed by atoms with Crippen LogP contribution in [-0.2, 0) is 29.3 Å². The van der Waals surface area contributed by atoms with Gasteiger partial charge in [-0.3, -0.25) is 19.2 Å². The highest BCUT2D eigenvalue weighted by atomic mass is 16.7. The molecule has 0 radical (unpaired) electrons. The van der Waals surface area contributed by atoms with Gasteiger partial charge in [-0.1, -0.05) is 0 Å². The zero-order chi connectivity index (χ0) is 28.0. The molecule has 8 atom stereocenters. The van der Waals surface area contributed by atoms with E-state index in [1.165, 1.54) is 19.1 Å². The number of rotatable bonds is 3. The Labute approximate surface area is 225 Å². The first kappa shape index (κ1) is 24.3. The fraction of sp³-hybridized carbons (Fsp3) is 0.448. The molecule has 5 heterocycles. The molecule has 1 aromatic heterocycles. The number of carbonyl (C=O) groups is 3. The van der Waals surface area contributed by atoms with E-state index >= 15 is 0 Å². The van der Waals surface area contributed by atoms with E-state index in [4.69, 9.17) is 23.4 Å². The minimum atomic E-state index is -1.76. The van der Waals surface area contributed by atoms with E-state index in [1.54, 1.807) is 13.0 Å². The van der Waals surface area contributed by atoms with Crippen molar-refractivity contribution in [1.82, 2.24) is 0 Å². The molecule has 0 saturated carbocycles. The van der Waals surface area contributed by atoms with Crippen molar-refractivity contribution in [3.8, 4) is 5.75 Å². The van der Waals surface area contributed by atoms with Crippen molar-refractivity contribution < 1.29 is 48.0 Å². The number of ether oxygens (including phenoxy) is 4. The second-order valence-corrected chi connectivity index (χ2v) is 11.6. The Bertz CT molecular complexity index is 1800. The Balaban J connectivity index is 1.30. The summed E-state index contributed by atoms with van der Waals surface area (Å²) in [7, 11) is 0. The minimum Gasteiger partial charge on any atom is -0.507 e.